The number of hydrogen-bond acceptors (Lipinski definition) is 5. The molecule has 6 heteroatoms. The Hall–Kier alpha value is -3.25. The topological polar surface area (TPSA) is 68.0 Å². The summed E-state index contributed by atoms with van der Waals surface area (Å²) in [5.41, 5.74) is 3.55. The molecule has 0 fully saturated rings. The molecule has 0 spiro atoms. The first-order chi connectivity index (χ1) is 13.7. The molecule has 2 aromatic heterocycles. The summed E-state index contributed by atoms with van der Waals surface area (Å²) >= 11 is 1.54. The standard InChI is InChI=1S/C22H19N3O2S/c1-15-18(25-22(27-15)17-10-6-3-7-11-17)12-20(26)23-13-21-24-19(14-28-21)16-8-4-2-5-9-16/h2-11,14H,12-13H2,1H3,(H,23,26). The van der Waals surface area contributed by atoms with E-state index in [2.05, 4.69) is 15.3 Å². The van der Waals surface area contributed by atoms with Crippen LogP contribution in [0, 0.1) is 6.92 Å². The molecular weight excluding hydrogens is 370 g/mol. The summed E-state index contributed by atoms with van der Waals surface area (Å²) < 4.78 is 5.72. The third-order valence-corrected chi connectivity index (χ3v) is 5.15. The number of nitrogens with zero attached hydrogens (tertiary/aromatic N) is 2. The minimum atomic E-state index is -0.104. The van der Waals surface area contributed by atoms with Crippen LogP contribution in [0.25, 0.3) is 22.7 Å². The van der Waals surface area contributed by atoms with Crippen molar-refractivity contribution in [3.05, 3.63) is 82.5 Å². The first-order valence-corrected chi connectivity index (χ1v) is 9.85. The summed E-state index contributed by atoms with van der Waals surface area (Å²) in [5.74, 6) is 1.09. The van der Waals surface area contributed by atoms with Gasteiger partial charge in [-0.3, -0.25) is 4.79 Å². The molecule has 2 aromatic carbocycles. The maximum Gasteiger partial charge on any atom is 0.226 e. The first-order valence-electron chi connectivity index (χ1n) is 8.97. The summed E-state index contributed by atoms with van der Waals surface area (Å²) in [7, 11) is 0. The molecule has 4 aromatic rings. The second-order valence-electron chi connectivity index (χ2n) is 6.33. The lowest BCUT2D eigenvalue weighted by molar-refractivity contribution is -0.120. The van der Waals surface area contributed by atoms with Gasteiger partial charge in [0.1, 0.15) is 10.8 Å². The molecule has 0 bridgehead atoms. The van der Waals surface area contributed by atoms with E-state index in [-0.39, 0.29) is 12.3 Å². The fraction of sp³-hybridized carbons (Fsp3) is 0.136. The van der Waals surface area contributed by atoms with Crippen molar-refractivity contribution in [3.63, 3.8) is 0 Å². The van der Waals surface area contributed by atoms with E-state index in [9.17, 15) is 4.79 Å². The molecule has 0 aliphatic rings. The number of hydrogen-bond donors (Lipinski definition) is 1. The van der Waals surface area contributed by atoms with Crippen LogP contribution < -0.4 is 5.32 Å². The number of carbonyl (C=O) groups excluding carboxylic acids is 1. The van der Waals surface area contributed by atoms with E-state index in [1.54, 1.807) is 0 Å². The van der Waals surface area contributed by atoms with E-state index in [1.165, 1.54) is 11.3 Å². The number of oxazole rings is 1. The van der Waals surface area contributed by atoms with E-state index in [0.29, 0.717) is 23.9 Å². The normalized spacial score (nSPS) is 10.8. The summed E-state index contributed by atoms with van der Waals surface area (Å²) in [6, 6.07) is 19.7. The van der Waals surface area contributed by atoms with Crippen molar-refractivity contribution < 1.29 is 9.21 Å². The molecular formula is C22H19N3O2S. The van der Waals surface area contributed by atoms with Gasteiger partial charge in [0.15, 0.2) is 0 Å². The molecule has 0 saturated carbocycles. The molecule has 0 aliphatic heterocycles. The van der Waals surface area contributed by atoms with Gasteiger partial charge in [-0.1, -0.05) is 48.5 Å². The average molecular weight is 389 g/mol. The Labute approximate surface area is 167 Å². The summed E-state index contributed by atoms with van der Waals surface area (Å²) in [6.07, 6.45) is 0.180. The van der Waals surface area contributed by atoms with Crippen molar-refractivity contribution in [3.8, 4) is 22.7 Å². The Morgan fingerprint density at radius 1 is 1.00 bits per heavy atom. The van der Waals surface area contributed by atoms with Crippen LogP contribution in [0.4, 0.5) is 0 Å². The van der Waals surface area contributed by atoms with Crippen LogP contribution in [0.5, 0.6) is 0 Å². The van der Waals surface area contributed by atoms with Crippen molar-refractivity contribution in [2.45, 2.75) is 19.9 Å². The van der Waals surface area contributed by atoms with Gasteiger partial charge in [0.25, 0.3) is 0 Å². The lowest BCUT2D eigenvalue weighted by Crippen LogP contribution is -2.24. The third-order valence-electron chi connectivity index (χ3n) is 4.30. The molecule has 28 heavy (non-hydrogen) atoms. The van der Waals surface area contributed by atoms with Gasteiger partial charge < -0.3 is 9.73 Å². The highest BCUT2D eigenvalue weighted by Crippen LogP contribution is 2.23. The van der Waals surface area contributed by atoms with Gasteiger partial charge in [0.2, 0.25) is 11.8 Å². The Morgan fingerprint density at radius 3 is 2.39 bits per heavy atom. The zero-order valence-electron chi connectivity index (χ0n) is 15.4. The molecule has 0 saturated heterocycles. The lowest BCUT2D eigenvalue weighted by atomic mass is 10.2. The van der Waals surface area contributed by atoms with Crippen LogP contribution in [0.15, 0.2) is 70.5 Å². The monoisotopic (exact) mass is 389 g/mol. The van der Waals surface area contributed by atoms with Crippen LogP contribution in [-0.4, -0.2) is 15.9 Å². The smallest absolute Gasteiger partial charge is 0.226 e. The van der Waals surface area contributed by atoms with Crippen molar-refractivity contribution in [1.29, 1.82) is 0 Å². The van der Waals surface area contributed by atoms with Gasteiger partial charge >= 0.3 is 0 Å². The van der Waals surface area contributed by atoms with Crippen LogP contribution in [0.3, 0.4) is 0 Å². The van der Waals surface area contributed by atoms with E-state index >= 15 is 0 Å². The Morgan fingerprint density at radius 2 is 1.68 bits per heavy atom. The molecule has 0 atom stereocenters. The second-order valence-corrected chi connectivity index (χ2v) is 7.28. The minimum absolute atomic E-state index is 0.104. The van der Waals surface area contributed by atoms with Gasteiger partial charge in [0, 0.05) is 16.5 Å². The minimum Gasteiger partial charge on any atom is -0.441 e. The maximum atomic E-state index is 12.3. The fourth-order valence-corrected chi connectivity index (χ4v) is 3.56. The number of aromatic nitrogens is 2. The fourth-order valence-electron chi connectivity index (χ4n) is 2.82. The largest absolute Gasteiger partial charge is 0.441 e. The van der Waals surface area contributed by atoms with Crippen molar-refractivity contribution in [1.82, 2.24) is 15.3 Å². The predicted molar refractivity (Wildman–Crippen MR) is 110 cm³/mol. The zero-order valence-corrected chi connectivity index (χ0v) is 16.2. The number of thiazole rings is 1. The summed E-state index contributed by atoms with van der Waals surface area (Å²) in [6.45, 7) is 2.23. The number of rotatable bonds is 6. The number of aryl methyl sites for hydroxylation is 1. The molecule has 1 N–H and O–H groups in total. The van der Waals surface area contributed by atoms with Crippen LogP contribution in [0.2, 0.25) is 0 Å². The Kier molecular flexibility index (Phi) is 5.30. The van der Waals surface area contributed by atoms with Gasteiger partial charge in [-0.25, -0.2) is 9.97 Å². The van der Waals surface area contributed by atoms with Crippen LogP contribution >= 0.6 is 11.3 Å². The summed E-state index contributed by atoms with van der Waals surface area (Å²) in [5, 5.41) is 5.79. The molecule has 2 heterocycles. The van der Waals surface area contributed by atoms with Crippen molar-refractivity contribution in [2.75, 3.05) is 0 Å². The number of benzene rings is 2. The zero-order chi connectivity index (χ0) is 19.3. The number of nitrogens with one attached hydrogen (secondary N) is 1. The molecule has 140 valence electrons. The highest BCUT2D eigenvalue weighted by atomic mass is 32.1. The lowest BCUT2D eigenvalue weighted by Gasteiger charge is -2.01. The third kappa shape index (κ3) is 4.18. The van der Waals surface area contributed by atoms with E-state index < -0.39 is 0 Å². The Bertz CT molecular complexity index is 1070. The van der Waals surface area contributed by atoms with Gasteiger partial charge in [-0.15, -0.1) is 11.3 Å². The average Bonchev–Trinajstić information content (AvgIpc) is 3.35. The Balaban J connectivity index is 1.37. The molecule has 0 unspecified atom stereocenters. The van der Waals surface area contributed by atoms with Crippen LogP contribution in [-0.2, 0) is 17.8 Å². The highest BCUT2D eigenvalue weighted by molar-refractivity contribution is 7.09. The van der Waals surface area contributed by atoms with Crippen LogP contribution in [0.1, 0.15) is 16.5 Å². The molecule has 0 radical (unpaired) electrons. The highest BCUT2D eigenvalue weighted by Gasteiger charge is 2.15. The molecule has 4 rings (SSSR count). The summed E-state index contributed by atoms with van der Waals surface area (Å²) in [4.78, 5) is 21.4. The SMILES string of the molecule is Cc1oc(-c2ccccc2)nc1CC(=O)NCc1nc(-c2ccccc2)cs1. The first kappa shape index (κ1) is 18.1. The van der Waals surface area contributed by atoms with E-state index in [0.717, 1.165) is 21.8 Å². The number of carbonyl (C=O) groups is 1. The van der Waals surface area contributed by atoms with Crippen molar-refractivity contribution in [2.24, 2.45) is 0 Å². The van der Waals surface area contributed by atoms with Crippen molar-refractivity contribution >= 4 is 17.2 Å². The van der Waals surface area contributed by atoms with Gasteiger partial charge in [-0.2, -0.15) is 0 Å². The predicted octanol–water partition coefficient (Wildman–Crippen LogP) is 4.63. The van der Waals surface area contributed by atoms with Gasteiger partial charge in [-0.05, 0) is 19.1 Å². The second kappa shape index (κ2) is 8.19. The quantitative estimate of drug-likeness (QED) is 0.522. The molecule has 5 nitrogen and oxygen atoms in total. The molecule has 0 aliphatic carbocycles. The van der Waals surface area contributed by atoms with E-state index in [4.69, 9.17) is 4.42 Å². The number of amides is 1. The van der Waals surface area contributed by atoms with Gasteiger partial charge in [0.05, 0.1) is 24.4 Å². The molecule has 1 amide bonds. The van der Waals surface area contributed by atoms with E-state index in [1.807, 2.05) is 73.0 Å². The maximum absolute atomic E-state index is 12.3.